The van der Waals surface area contributed by atoms with E-state index in [1.165, 1.54) is 4.57 Å². The maximum absolute atomic E-state index is 12.7. The molecule has 7 heteroatoms. The van der Waals surface area contributed by atoms with E-state index in [1.54, 1.807) is 4.57 Å². The van der Waals surface area contributed by atoms with E-state index in [1.807, 2.05) is 32.3 Å². The molecule has 2 N–H and O–H groups in total. The van der Waals surface area contributed by atoms with Gasteiger partial charge in [0.2, 0.25) is 0 Å². The Morgan fingerprint density at radius 2 is 1.90 bits per heavy atom. The summed E-state index contributed by atoms with van der Waals surface area (Å²) in [5.74, 6) is 0.745. The zero-order valence-corrected chi connectivity index (χ0v) is 13.1. The second-order valence-electron chi connectivity index (χ2n) is 5.42. The van der Waals surface area contributed by atoms with Crippen LogP contribution in [0.3, 0.4) is 0 Å². The molecule has 0 aliphatic carbocycles. The van der Waals surface area contributed by atoms with Gasteiger partial charge < -0.3 is 10.3 Å². The lowest BCUT2D eigenvalue weighted by Crippen LogP contribution is -2.41. The predicted molar refractivity (Wildman–Crippen MR) is 82.7 cm³/mol. The Bertz CT molecular complexity index is 766. The first-order chi connectivity index (χ1) is 9.93. The lowest BCUT2D eigenvalue weighted by Gasteiger charge is -2.14. The molecule has 0 unspecified atom stereocenters. The summed E-state index contributed by atoms with van der Waals surface area (Å²) in [6.45, 7) is 9.07. The Morgan fingerprint density at radius 1 is 1.24 bits per heavy atom. The Kier molecular flexibility index (Phi) is 4.32. The summed E-state index contributed by atoms with van der Waals surface area (Å²) >= 11 is 0. The van der Waals surface area contributed by atoms with Crippen molar-refractivity contribution >= 4 is 11.2 Å². The van der Waals surface area contributed by atoms with Crippen molar-refractivity contribution in [3.8, 4) is 0 Å². The molecule has 0 aliphatic rings. The maximum Gasteiger partial charge on any atom is 0.332 e. The van der Waals surface area contributed by atoms with Crippen LogP contribution in [-0.2, 0) is 13.1 Å². The second kappa shape index (κ2) is 5.85. The second-order valence-corrected chi connectivity index (χ2v) is 5.42. The van der Waals surface area contributed by atoms with E-state index in [0.29, 0.717) is 37.2 Å². The van der Waals surface area contributed by atoms with Gasteiger partial charge >= 0.3 is 5.69 Å². The number of fused-ring (bicyclic) bond motifs is 1. The van der Waals surface area contributed by atoms with Crippen LogP contribution in [0.2, 0.25) is 0 Å². The van der Waals surface area contributed by atoms with Gasteiger partial charge in [0.25, 0.3) is 5.56 Å². The zero-order chi connectivity index (χ0) is 15.7. The van der Waals surface area contributed by atoms with Gasteiger partial charge in [0.05, 0.1) is 0 Å². The van der Waals surface area contributed by atoms with Crippen molar-refractivity contribution in [2.24, 2.45) is 5.73 Å². The lowest BCUT2D eigenvalue weighted by molar-refractivity contribution is 0.513. The minimum absolute atomic E-state index is 0.0654. The summed E-state index contributed by atoms with van der Waals surface area (Å²) in [5, 5.41) is 0. The average molecular weight is 293 g/mol. The first-order valence-corrected chi connectivity index (χ1v) is 7.36. The largest absolute Gasteiger partial charge is 0.332 e. The van der Waals surface area contributed by atoms with Gasteiger partial charge in [-0.05, 0) is 40.7 Å². The highest BCUT2D eigenvalue weighted by atomic mass is 16.2. The van der Waals surface area contributed by atoms with Crippen LogP contribution in [0.25, 0.3) is 11.2 Å². The van der Waals surface area contributed by atoms with Crippen molar-refractivity contribution in [2.45, 2.75) is 53.2 Å². The fourth-order valence-electron chi connectivity index (χ4n) is 2.66. The molecular weight excluding hydrogens is 270 g/mol. The molecule has 2 aromatic heterocycles. The lowest BCUT2D eigenvalue weighted by atomic mass is 10.3. The van der Waals surface area contributed by atoms with Crippen molar-refractivity contribution < 1.29 is 0 Å². The molecular formula is C14H23N5O2. The Labute approximate surface area is 123 Å². The van der Waals surface area contributed by atoms with E-state index >= 15 is 0 Å². The van der Waals surface area contributed by atoms with Gasteiger partial charge in [-0.3, -0.25) is 13.9 Å². The van der Waals surface area contributed by atoms with Crippen LogP contribution in [0.1, 0.15) is 39.1 Å². The normalized spacial score (nSPS) is 11.7. The van der Waals surface area contributed by atoms with Crippen LogP contribution in [0.15, 0.2) is 9.59 Å². The zero-order valence-electron chi connectivity index (χ0n) is 13.1. The molecule has 0 radical (unpaired) electrons. The van der Waals surface area contributed by atoms with E-state index in [9.17, 15) is 9.59 Å². The summed E-state index contributed by atoms with van der Waals surface area (Å²) in [4.78, 5) is 29.7. The van der Waals surface area contributed by atoms with Crippen LogP contribution in [0.4, 0.5) is 0 Å². The van der Waals surface area contributed by atoms with Crippen molar-refractivity contribution in [1.82, 2.24) is 18.7 Å². The van der Waals surface area contributed by atoms with Crippen LogP contribution in [0.5, 0.6) is 0 Å². The molecule has 0 fully saturated rings. The van der Waals surface area contributed by atoms with Crippen LogP contribution in [-0.4, -0.2) is 25.2 Å². The fourth-order valence-corrected chi connectivity index (χ4v) is 2.66. The third kappa shape index (κ3) is 2.42. The number of aryl methyl sites for hydroxylation is 2. The van der Waals surface area contributed by atoms with E-state index in [2.05, 4.69) is 4.98 Å². The molecule has 0 saturated carbocycles. The number of imidazole rings is 1. The van der Waals surface area contributed by atoms with Crippen molar-refractivity contribution in [3.05, 3.63) is 26.7 Å². The van der Waals surface area contributed by atoms with Crippen molar-refractivity contribution in [2.75, 3.05) is 6.54 Å². The summed E-state index contributed by atoms with van der Waals surface area (Å²) in [6, 6.07) is -0.0654. The van der Waals surface area contributed by atoms with E-state index in [0.717, 1.165) is 5.82 Å². The van der Waals surface area contributed by atoms with Gasteiger partial charge in [-0.1, -0.05) is 0 Å². The summed E-state index contributed by atoms with van der Waals surface area (Å²) in [7, 11) is 0. The topological polar surface area (TPSA) is 87.8 Å². The molecule has 116 valence electrons. The monoisotopic (exact) mass is 293 g/mol. The quantitative estimate of drug-likeness (QED) is 0.875. The predicted octanol–water partition coefficient (Wildman–Crippen LogP) is 0.618. The molecule has 0 saturated heterocycles. The molecule has 2 rings (SSSR count). The first kappa shape index (κ1) is 15.5. The Morgan fingerprint density at radius 3 is 2.43 bits per heavy atom. The van der Waals surface area contributed by atoms with E-state index in [4.69, 9.17) is 5.73 Å². The number of nitrogens with zero attached hydrogens (tertiary/aromatic N) is 4. The van der Waals surface area contributed by atoms with Gasteiger partial charge in [0.1, 0.15) is 5.82 Å². The van der Waals surface area contributed by atoms with Gasteiger partial charge in [0, 0.05) is 19.1 Å². The summed E-state index contributed by atoms with van der Waals surface area (Å²) in [5.41, 5.74) is 5.90. The molecule has 0 spiro atoms. The third-order valence-electron chi connectivity index (χ3n) is 3.67. The standard InChI is InChI=1S/C14H23N5O2/c1-5-17-10(4)16-12-11(17)13(20)18(8-6-7-15)14(21)19(12)9(2)3/h9H,5-8,15H2,1-4H3. The maximum atomic E-state index is 12.7. The molecule has 21 heavy (non-hydrogen) atoms. The summed E-state index contributed by atoms with van der Waals surface area (Å²) in [6.07, 6.45) is 0.595. The van der Waals surface area contributed by atoms with E-state index < -0.39 is 0 Å². The van der Waals surface area contributed by atoms with Gasteiger partial charge in [-0.25, -0.2) is 9.78 Å². The molecule has 0 aromatic carbocycles. The number of hydrogen-bond donors (Lipinski definition) is 1. The van der Waals surface area contributed by atoms with Gasteiger partial charge in [-0.2, -0.15) is 0 Å². The molecule has 2 heterocycles. The smallest absolute Gasteiger partial charge is 0.330 e. The number of nitrogens with two attached hydrogens (primary N) is 1. The van der Waals surface area contributed by atoms with Gasteiger partial charge in [-0.15, -0.1) is 0 Å². The molecule has 0 atom stereocenters. The summed E-state index contributed by atoms with van der Waals surface area (Å²) < 4.78 is 4.73. The van der Waals surface area contributed by atoms with Crippen molar-refractivity contribution in [3.63, 3.8) is 0 Å². The Balaban J connectivity index is 2.93. The first-order valence-electron chi connectivity index (χ1n) is 7.36. The fraction of sp³-hybridized carbons (Fsp3) is 0.643. The highest BCUT2D eigenvalue weighted by molar-refractivity contribution is 5.71. The highest BCUT2D eigenvalue weighted by Crippen LogP contribution is 2.14. The van der Waals surface area contributed by atoms with Crippen molar-refractivity contribution in [1.29, 1.82) is 0 Å². The average Bonchev–Trinajstić information content (AvgIpc) is 2.74. The van der Waals surface area contributed by atoms with E-state index in [-0.39, 0.29) is 17.3 Å². The molecule has 0 amide bonds. The van der Waals surface area contributed by atoms with Crippen LogP contribution in [0, 0.1) is 6.92 Å². The number of hydrogen-bond acceptors (Lipinski definition) is 4. The van der Waals surface area contributed by atoms with Crippen LogP contribution >= 0.6 is 0 Å². The van der Waals surface area contributed by atoms with Crippen LogP contribution < -0.4 is 17.0 Å². The Hall–Kier alpha value is -1.89. The number of rotatable bonds is 5. The molecule has 2 aromatic rings. The van der Waals surface area contributed by atoms with Gasteiger partial charge in [0.15, 0.2) is 11.2 Å². The molecule has 0 bridgehead atoms. The molecule has 0 aliphatic heterocycles. The molecule has 7 nitrogen and oxygen atoms in total. The SMILES string of the molecule is CCn1c(C)nc2c1c(=O)n(CCCN)c(=O)n2C(C)C. The highest BCUT2D eigenvalue weighted by Gasteiger charge is 2.20. The third-order valence-corrected chi connectivity index (χ3v) is 3.67. The minimum Gasteiger partial charge on any atom is -0.330 e. The number of aromatic nitrogens is 4. The minimum atomic E-state index is -0.309.